The third-order valence-corrected chi connectivity index (χ3v) is 3.04. The Labute approximate surface area is 117 Å². The van der Waals surface area contributed by atoms with E-state index in [0.717, 1.165) is 0 Å². The number of halogens is 2. The molecule has 0 aliphatic carbocycles. The molecule has 0 atom stereocenters. The highest BCUT2D eigenvalue weighted by atomic mass is 19.3. The number of alkyl halides is 2. The van der Waals surface area contributed by atoms with Crippen molar-refractivity contribution in [3.63, 3.8) is 0 Å². The normalized spacial score (nSPS) is 11.1. The summed E-state index contributed by atoms with van der Waals surface area (Å²) in [5, 5.41) is 0. The highest BCUT2D eigenvalue weighted by molar-refractivity contribution is 5.49. The summed E-state index contributed by atoms with van der Waals surface area (Å²) in [6, 6.07) is 11.7. The number of benzene rings is 2. The molecule has 0 saturated carbocycles. The summed E-state index contributed by atoms with van der Waals surface area (Å²) in [6.45, 7) is 4.18. The number of nitrogens with two attached hydrogens (primary N) is 1. The molecule has 0 amide bonds. The first-order valence-corrected chi connectivity index (χ1v) is 6.42. The molecule has 0 aromatic heterocycles. The fourth-order valence-corrected chi connectivity index (χ4v) is 1.88. The second-order valence-electron chi connectivity index (χ2n) is 4.92. The Bertz CT molecular complexity index is 580. The van der Waals surface area contributed by atoms with Crippen LogP contribution in [-0.2, 0) is 0 Å². The van der Waals surface area contributed by atoms with E-state index in [-0.39, 0.29) is 11.3 Å². The molecule has 2 nitrogen and oxygen atoms in total. The number of nitrogen functional groups attached to an aromatic ring is 1. The first-order valence-electron chi connectivity index (χ1n) is 6.42. The van der Waals surface area contributed by atoms with E-state index in [2.05, 4.69) is 13.8 Å². The maximum Gasteiger partial charge on any atom is 0.267 e. The van der Waals surface area contributed by atoms with Gasteiger partial charge in [0.25, 0.3) is 6.43 Å². The molecule has 0 fully saturated rings. The third-order valence-electron chi connectivity index (χ3n) is 3.04. The minimum atomic E-state index is -2.62. The molecular formula is C16H17F2NO. The van der Waals surface area contributed by atoms with Gasteiger partial charge in [-0.15, -0.1) is 0 Å². The average molecular weight is 277 g/mol. The Balaban J connectivity index is 2.25. The standard InChI is InChI=1S/C16H17F2NO/c1-10(2)11-3-6-13(7-4-11)20-15-8-5-12(19)9-14(15)16(17)18/h3-10,16H,19H2,1-2H3. The van der Waals surface area contributed by atoms with Crippen molar-refractivity contribution in [2.75, 3.05) is 5.73 Å². The summed E-state index contributed by atoms with van der Waals surface area (Å²) >= 11 is 0. The van der Waals surface area contributed by atoms with Gasteiger partial charge in [-0.25, -0.2) is 8.78 Å². The summed E-state index contributed by atoms with van der Waals surface area (Å²) in [7, 11) is 0. The van der Waals surface area contributed by atoms with E-state index in [1.165, 1.54) is 17.7 Å². The van der Waals surface area contributed by atoms with Crippen LogP contribution in [0.2, 0.25) is 0 Å². The van der Waals surface area contributed by atoms with Gasteiger partial charge in [0.05, 0.1) is 5.56 Å². The molecular weight excluding hydrogens is 260 g/mol. The molecule has 2 N–H and O–H groups in total. The van der Waals surface area contributed by atoms with Crippen LogP contribution in [0.15, 0.2) is 42.5 Å². The van der Waals surface area contributed by atoms with Crippen molar-refractivity contribution < 1.29 is 13.5 Å². The van der Waals surface area contributed by atoms with Crippen LogP contribution in [0.5, 0.6) is 11.5 Å². The lowest BCUT2D eigenvalue weighted by atomic mass is 10.0. The molecule has 0 heterocycles. The number of rotatable bonds is 4. The van der Waals surface area contributed by atoms with E-state index in [4.69, 9.17) is 10.5 Å². The van der Waals surface area contributed by atoms with E-state index < -0.39 is 6.43 Å². The second-order valence-corrected chi connectivity index (χ2v) is 4.92. The summed E-state index contributed by atoms with van der Waals surface area (Å²) in [4.78, 5) is 0. The van der Waals surface area contributed by atoms with Crippen molar-refractivity contribution in [2.24, 2.45) is 0 Å². The first-order chi connectivity index (χ1) is 9.47. The Morgan fingerprint density at radius 1 is 1.00 bits per heavy atom. The van der Waals surface area contributed by atoms with Crippen LogP contribution < -0.4 is 10.5 Å². The van der Waals surface area contributed by atoms with Crippen LogP contribution in [0.25, 0.3) is 0 Å². The minimum absolute atomic E-state index is 0.131. The zero-order chi connectivity index (χ0) is 14.7. The Kier molecular flexibility index (Phi) is 4.23. The van der Waals surface area contributed by atoms with E-state index in [1.54, 1.807) is 18.2 Å². The summed E-state index contributed by atoms with van der Waals surface area (Å²) in [6.07, 6.45) is -2.62. The highest BCUT2D eigenvalue weighted by Crippen LogP contribution is 2.34. The van der Waals surface area contributed by atoms with Crippen molar-refractivity contribution in [3.05, 3.63) is 53.6 Å². The molecule has 2 aromatic carbocycles. The molecule has 0 spiro atoms. The maximum absolute atomic E-state index is 12.9. The lowest BCUT2D eigenvalue weighted by molar-refractivity contribution is 0.148. The van der Waals surface area contributed by atoms with E-state index >= 15 is 0 Å². The van der Waals surface area contributed by atoms with Crippen molar-refractivity contribution in [1.29, 1.82) is 0 Å². The Morgan fingerprint density at radius 3 is 2.20 bits per heavy atom. The van der Waals surface area contributed by atoms with Gasteiger partial charge < -0.3 is 10.5 Å². The van der Waals surface area contributed by atoms with Crippen molar-refractivity contribution >= 4 is 5.69 Å². The van der Waals surface area contributed by atoms with E-state index in [1.807, 2.05) is 12.1 Å². The SMILES string of the molecule is CC(C)c1ccc(Oc2ccc(N)cc2C(F)F)cc1. The van der Waals surface area contributed by atoms with Gasteiger partial charge in [0.2, 0.25) is 0 Å². The molecule has 0 aliphatic heterocycles. The minimum Gasteiger partial charge on any atom is -0.457 e. The first kappa shape index (κ1) is 14.3. The van der Waals surface area contributed by atoms with Gasteiger partial charge >= 0.3 is 0 Å². The number of hydrogen-bond acceptors (Lipinski definition) is 2. The van der Waals surface area contributed by atoms with Crippen molar-refractivity contribution in [2.45, 2.75) is 26.2 Å². The van der Waals surface area contributed by atoms with Crippen molar-refractivity contribution in [1.82, 2.24) is 0 Å². The average Bonchev–Trinajstić information content (AvgIpc) is 2.41. The van der Waals surface area contributed by atoms with Gasteiger partial charge in [-0.05, 0) is 41.8 Å². The molecule has 0 radical (unpaired) electrons. The predicted octanol–water partition coefficient (Wildman–Crippen LogP) is 5.12. The molecule has 2 aromatic rings. The smallest absolute Gasteiger partial charge is 0.267 e. The van der Waals surface area contributed by atoms with E-state index in [0.29, 0.717) is 17.4 Å². The Hall–Kier alpha value is -2.10. The summed E-state index contributed by atoms with van der Waals surface area (Å²) in [5.74, 6) is 1.07. The fourth-order valence-electron chi connectivity index (χ4n) is 1.88. The van der Waals surface area contributed by atoms with Crippen LogP contribution >= 0.6 is 0 Å². The molecule has 0 aliphatic rings. The zero-order valence-electron chi connectivity index (χ0n) is 11.4. The fraction of sp³-hybridized carbons (Fsp3) is 0.250. The Morgan fingerprint density at radius 2 is 1.65 bits per heavy atom. The van der Waals surface area contributed by atoms with Gasteiger partial charge in [-0.2, -0.15) is 0 Å². The summed E-state index contributed by atoms with van der Waals surface area (Å²) in [5.41, 5.74) is 6.79. The topological polar surface area (TPSA) is 35.2 Å². The third kappa shape index (κ3) is 3.26. The van der Waals surface area contributed by atoms with Crippen LogP contribution in [0.3, 0.4) is 0 Å². The molecule has 0 saturated heterocycles. The quantitative estimate of drug-likeness (QED) is 0.787. The van der Waals surface area contributed by atoms with Crippen LogP contribution in [0.4, 0.5) is 14.5 Å². The van der Waals surface area contributed by atoms with Crippen LogP contribution in [-0.4, -0.2) is 0 Å². The number of anilines is 1. The maximum atomic E-state index is 12.9. The van der Waals surface area contributed by atoms with Gasteiger partial charge in [-0.1, -0.05) is 26.0 Å². The van der Waals surface area contributed by atoms with Gasteiger partial charge in [0.1, 0.15) is 11.5 Å². The molecule has 0 unspecified atom stereocenters. The monoisotopic (exact) mass is 277 g/mol. The lowest BCUT2D eigenvalue weighted by Gasteiger charge is -2.12. The van der Waals surface area contributed by atoms with Crippen molar-refractivity contribution in [3.8, 4) is 11.5 Å². The molecule has 0 bridgehead atoms. The van der Waals surface area contributed by atoms with Gasteiger partial charge in [0.15, 0.2) is 0 Å². The van der Waals surface area contributed by atoms with Gasteiger partial charge in [0, 0.05) is 5.69 Å². The zero-order valence-corrected chi connectivity index (χ0v) is 11.4. The summed E-state index contributed by atoms with van der Waals surface area (Å²) < 4.78 is 31.4. The molecule has 4 heteroatoms. The highest BCUT2D eigenvalue weighted by Gasteiger charge is 2.15. The largest absolute Gasteiger partial charge is 0.457 e. The second kappa shape index (κ2) is 5.90. The molecule has 20 heavy (non-hydrogen) atoms. The van der Waals surface area contributed by atoms with Crippen LogP contribution in [0.1, 0.15) is 37.3 Å². The van der Waals surface area contributed by atoms with Crippen LogP contribution in [0, 0.1) is 0 Å². The van der Waals surface area contributed by atoms with Gasteiger partial charge in [-0.3, -0.25) is 0 Å². The number of ether oxygens (including phenoxy) is 1. The predicted molar refractivity (Wildman–Crippen MR) is 76.4 cm³/mol. The number of hydrogen-bond donors (Lipinski definition) is 1. The lowest BCUT2D eigenvalue weighted by Crippen LogP contribution is -1.95. The molecule has 106 valence electrons. The van der Waals surface area contributed by atoms with E-state index in [9.17, 15) is 8.78 Å². The molecule has 2 rings (SSSR count).